The molecule has 0 aliphatic carbocycles. The summed E-state index contributed by atoms with van der Waals surface area (Å²) in [5.41, 5.74) is 2.80. The number of rotatable bonds is 5. The molecule has 1 N–H and O–H groups in total. The second-order valence-electron chi connectivity index (χ2n) is 5.42. The number of aryl methyl sites for hydroxylation is 1. The lowest BCUT2D eigenvalue weighted by atomic mass is 10.1. The van der Waals surface area contributed by atoms with Gasteiger partial charge in [0.2, 0.25) is 5.91 Å². The van der Waals surface area contributed by atoms with E-state index in [1.807, 2.05) is 57.9 Å². The lowest BCUT2D eigenvalue weighted by molar-refractivity contribution is -0.116. The number of aromatic nitrogens is 2. The van der Waals surface area contributed by atoms with Crippen LogP contribution in [0.5, 0.6) is 0 Å². The van der Waals surface area contributed by atoms with Gasteiger partial charge in [0.15, 0.2) is 4.96 Å². The first-order valence-corrected chi connectivity index (χ1v) is 9.39. The fourth-order valence-electron chi connectivity index (χ4n) is 2.51. The number of amides is 1. The molecular weight excluding hydrogens is 338 g/mol. The molecule has 0 saturated carbocycles. The zero-order valence-corrected chi connectivity index (χ0v) is 14.4. The zero-order valence-electron chi connectivity index (χ0n) is 12.8. The van der Waals surface area contributed by atoms with Gasteiger partial charge < -0.3 is 5.32 Å². The number of carbonyl (C=O) groups excluding carboxylic acids is 1. The molecule has 0 fully saturated rings. The van der Waals surface area contributed by atoms with Gasteiger partial charge in [-0.3, -0.25) is 9.20 Å². The molecule has 0 radical (unpaired) electrons. The Morgan fingerprint density at radius 2 is 2.00 bits per heavy atom. The number of imidazole rings is 1. The monoisotopic (exact) mass is 353 g/mol. The van der Waals surface area contributed by atoms with Crippen LogP contribution in [0.25, 0.3) is 16.2 Å². The van der Waals surface area contributed by atoms with Crippen LogP contribution in [0.3, 0.4) is 0 Å². The van der Waals surface area contributed by atoms with E-state index in [4.69, 9.17) is 0 Å². The van der Waals surface area contributed by atoms with Gasteiger partial charge in [0.05, 0.1) is 5.69 Å². The Morgan fingerprint density at radius 1 is 1.12 bits per heavy atom. The minimum Gasteiger partial charge on any atom is -0.326 e. The fraction of sp³-hybridized carbons (Fsp3) is 0.111. The predicted octanol–water partition coefficient (Wildman–Crippen LogP) is 4.70. The van der Waals surface area contributed by atoms with Crippen LogP contribution in [-0.4, -0.2) is 15.3 Å². The summed E-state index contributed by atoms with van der Waals surface area (Å²) in [5.74, 6) is 0.0404. The van der Waals surface area contributed by atoms with Gasteiger partial charge in [-0.1, -0.05) is 18.2 Å². The van der Waals surface area contributed by atoms with E-state index in [9.17, 15) is 4.79 Å². The van der Waals surface area contributed by atoms with Crippen molar-refractivity contribution in [3.05, 3.63) is 64.4 Å². The van der Waals surface area contributed by atoms with Crippen molar-refractivity contribution < 1.29 is 4.79 Å². The first-order valence-electron chi connectivity index (χ1n) is 7.63. The summed E-state index contributed by atoms with van der Waals surface area (Å²) < 4.78 is 2.01. The number of nitrogens with zero attached hydrogens (tertiary/aromatic N) is 2. The van der Waals surface area contributed by atoms with Gasteiger partial charge in [0.1, 0.15) is 0 Å². The maximum Gasteiger partial charge on any atom is 0.224 e. The number of thiophene rings is 1. The normalized spacial score (nSPS) is 11.0. The highest BCUT2D eigenvalue weighted by Gasteiger charge is 2.07. The number of carbonyl (C=O) groups is 1. The highest BCUT2D eigenvalue weighted by atomic mass is 32.1. The van der Waals surface area contributed by atoms with Crippen LogP contribution in [0, 0.1) is 0 Å². The summed E-state index contributed by atoms with van der Waals surface area (Å²) in [6.07, 6.45) is 5.30. The van der Waals surface area contributed by atoms with Crippen molar-refractivity contribution in [3.8, 4) is 11.3 Å². The molecule has 3 heterocycles. The molecule has 0 bridgehead atoms. The maximum absolute atomic E-state index is 12.0. The lowest BCUT2D eigenvalue weighted by Gasteiger charge is -2.05. The SMILES string of the molecule is O=C(CCc1cccs1)Nc1ccc(-c2cn3ccsc3n2)cc1. The standard InChI is InChI=1S/C18H15N3OS2/c22-17(8-7-15-2-1-10-23-15)19-14-5-3-13(4-6-14)16-12-21-9-11-24-18(21)20-16/h1-6,9-12H,7-8H2,(H,19,22). The van der Waals surface area contributed by atoms with Crippen LogP contribution < -0.4 is 5.32 Å². The first-order chi connectivity index (χ1) is 11.8. The van der Waals surface area contributed by atoms with Crippen molar-refractivity contribution in [1.82, 2.24) is 9.38 Å². The van der Waals surface area contributed by atoms with Crippen LogP contribution in [0.2, 0.25) is 0 Å². The minimum atomic E-state index is 0.0404. The second-order valence-corrected chi connectivity index (χ2v) is 7.33. The van der Waals surface area contributed by atoms with Crippen molar-refractivity contribution in [2.45, 2.75) is 12.8 Å². The van der Waals surface area contributed by atoms with Gasteiger partial charge in [0, 0.05) is 40.3 Å². The number of anilines is 1. The Morgan fingerprint density at radius 3 is 2.75 bits per heavy atom. The summed E-state index contributed by atoms with van der Waals surface area (Å²) in [5, 5.41) is 7.00. The predicted molar refractivity (Wildman–Crippen MR) is 99.8 cm³/mol. The number of benzene rings is 1. The Hall–Kier alpha value is -2.44. The molecule has 120 valence electrons. The molecule has 0 unspecified atom stereocenters. The van der Waals surface area contributed by atoms with Crippen LogP contribution in [0.4, 0.5) is 5.69 Å². The van der Waals surface area contributed by atoms with Gasteiger partial charge in [-0.25, -0.2) is 4.98 Å². The van der Waals surface area contributed by atoms with E-state index >= 15 is 0 Å². The molecule has 24 heavy (non-hydrogen) atoms. The summed E-state index contributed by atoms with van der Waals surface area (Å²) >= 11 is 3.30. The quantitative estimate of drug-likeness (QED) is 0.565. The van der Waals surface area contributed by atoms with E-state index in [0.717, 1.165) is 28.3 Å². The highest BCUT2D eigenvalue weighted by molar-refractivity contribution is 7.15. The topological polar surface area (TPSA) is 46.4 Å². The maximum atomic E-state index is 12.0. The number of nitrogens with one attached hydrogen (secondary N) is 1. The molecule has 4 rings (SSSR count). The Bertz CT molecular complexity index is 923. The van der Waals surface area contributed by atoms with Gasteiger partial charge >= 0.3 is 0 Å². The molecule has 6 heteroatoms. The van der Waals surface area contributed by atoms with E-state index in [1.165, 1.54) is 4.88 Å². The van der Waals surface area contributed by atoms with Gasteiger partial charge in [-0.15, -0.1) is 22.7 Å². The summed E-state index contributed by atoms with van der Waals surface area (Å²) in [6.45, 7) is 0. The molecule has 0 aliphatic heterocycles. The van der Waals surface area contributed by atoms with Crippen molar-refractivity contribution in [2.75, 3.05) is 5.32 Å². The average Bonchev–Trinajstić information content (AvgIpc) is 3.30. The smallest absolute Gasteiger partial charge is 0.224 e. The van der Waals surface area contributed by atoms with Gasteiger partial charge in [-0.05, 0) is 30.0 Å². The van der Waals surface area contributed by atoms with Crippen molar-refractivity contribution in [1.29, 1.82) is 0 Å². The third-order valence-corrected chi connectivity index (χ3v) is 5.44. The molecule has 3 aromatic heterocycles. The van der Waals surface area contributed by atoms with Gasteiger partial charge in [-0.2, -0.15) is 0 Å². The van der Waals surface area contributed by atoms with E-state index < -0.39 is 0 Å². The molecule has 4 aromatic rings. The van der Waals surface area contributed by atoms with Crippen LogP contribution in [-0.2, 0) is 11.2 Å². The molecular formula is C18H15N3OS2. The van der Waals surface area contributed by atoms with Crippen LogP contribution >= 0.6 is 22.7 Å². The second kappa shape index (κ2) is 6.59. The van der Waals surface area contributed by atoms with E-state index in [1.54, 1.807) is 22.7 Å². The molecule has 4 nitrogen and oxygen atoms in total. The van der Waals surface area contributed by atoms with Crippen LogP contribution in [0.15, 0.2) is 59.6 Å². The average molecular weight is 353 g/mol. The molecule has 1 amide bonds. The highest BCUT2D eigenvalue weighted by Crippen LogP contribution is 2.23. The summed E-state index contributed by atoms with van der Waals surface area (Å²) in [4.78, 5) is 18.8. The number of hydrogen-bond donors (Lipinski definition) is 1. The molecule has 0 atom stereocenters. The third kappa shape index (κ3) is 3.25. The summed E-state index contributed by atoms with van der Waals surface area (Å²) in [7, 11) is 0. The molecule has 0 spiro atoms. The molecule has 1 aromatic carbocycles. The lowest BCUT2D eigenvalue weighted by Crippen LogP contribution is -2.11. The van der Waals surface area contributed by atoms with E-state index in [0.29, 0.717) is 6.42 Å². The van der Waals surface area contributed by atoms with Crippen molar-refractivity contribution in [3.63, 3.8) is 0 Å². The Balaban J connectivity index is 1.40. The molecule has 0 aliphatic rings. The third-order valence-electron chi connectivity index (χ3n) is 3.74. The number of fused-ring (bicyclic) bond motifs is 1. The van der Waals surface area contributed by atoms with E-state index in [2.05, 4.69) is 16.4 Å². The molecule has 0 saturated heterocycles. The Kier molecular flexibility index (Phi) is 4.15. The number of thiazole rings is 1. The first kappa shape index (κ1) is 15.1. The largest absolute Gasteiger partial charge is 0.326 e. The van der Waals surface area contributed by atoms with Crippen molar-refractivity contribution >= 4 is 39.2 Å². The number of hydrogen-bond acceptors (Lipinski definition) is 4. The minimum absolute atomic E-state index is 0.0404. The Labute approximate surface area is 147 Å². The summed E-state index contributed by atoms with van der Waals surface area (Å²) in [6, 6.07) is 11.9. The van der Waals surface area contributed by atoms with Gasteiger partial charge in [0.25, 0.3) is 0 Å². The fourth-order valence-corrected chi connectivity index (χ4v) is 3.91. The van der Waals surface area contributed by atoms with Crippen molar-refractivity contribution in [2.24, 2.45) is 0 Å². The zero-order chi connectivity index (χ0) is 16.4. The van der Waals surface area contributed by atoms with Crippen LogP contribution in [0.1, 0.15) is 11.3 Å². The van der Waals surface area contributed by atoms with E-state index in [-0.39, 0.29) is 5.91 Å².